The van der Waals surface area contributed by atoms with Gasteiger partial charge in [0.15, 0.2) is 0 Å². The number of hydrogen-bond donors (Lipinski definition) is 0. The first kappa shape index (κ1) is 69.0. The van der Waals surface area contributed by atoms with Crippen molar-refractivity contribution in [3.05, 3.63) is 0 Å². The van der Waals surface area contributed by atoms with E-state index in [-0.39, 0.29) is 0 Å². The summed E-state index contributed by atoms with van der Waals surface area (Å²) in [5.74, 6) is 1.10. The lowest BCUT2D eigenvalue weighted by atomic mass is 9.85. The molecular weight excluding hydrogens is 853 g/mol. The SMILES string of the molecule is CCCCCCCCCCCCCCCCCCCCCCCCCCCCCCCCCCCCCCCCCCCCCCCCCCCCCCCCCCCCCCCCCC1CCCCC1. The average Bonchev–Trinajstić information content (AvgIpc) is 3.39. The van der Waals surface area contributed by atoms with Crippen LogP contribution in [0.1, 0.15) is 450 Å². The zero-order valence-corrected chi connectivity index (χ0v) is 50.4. The highest BCUT2D eigenvalue weighted by Crippen LogP contribution is 2.28. The van der Waals surface area contributed by atoms with Crippen molar-refractivity contribution in [1.29, 1.82) is 0 Å². The van der Waals surface area contributed by atoms with Gasteiger partial charge in [-0.05, 0) is 5.92 Å². The minimum absolute atomic E-state index is 1.10. The van der Waals surface area contributed by atoms with Crippen LogP contribution in [0.25, 0.3) is 0 Å². The smallest absolute Gasteiger partial charge is 0.0414 e. The first-order valence-corrected chi connectivity index (χ1v) is 35.4. The molecule has 0 unspecified atom stereocenters. The molecule has 0 aromatic carbocycles. The van der Waals surface area contributed by atoms with Crippen molar-refractivity contribution >= 4 is 0 Å². The molecule has 1 rings (SSSR count). The molecule has 0 saturated heterocycles. The van der Waals surface area contributed by atoms with Crippen LogP contribution < -0.4 is 0 Å². The maximum absolute atomic E-state index is 2.32. The summed E-state index contributed by atoms with van der Waals surface area (Å²) in [5.41, 5.74) is 0. The van der Waals surface area contributed by atoms with Crippen molar-refractivity contribution in [2.45, 2.75) is 450 Å². The quantitative estimate of drug-likeness (QED) is 0.0533. The van der Waals surface area contributed by atoms with Crippen molar-refractivity contribution < 1.29 is 0 Å². The van der Waals surface area contributed by atoms with E-state index in [1.165, 1.54) is 424 Å². The average molecular weight is 996 g/mol. The largest absolute Gasteiger partial charge is 0.0654 e. The van der Waals surface area contributed by atoms with Gasteiger partial charge in [0.2, 0.25) is 0 Å². The van der Waals surface area contributed by atoms with Crippen molar-refractivity contribution in [2.75, 3.05) is 0 Å². The van der Waals surface area contributed by atoms with Gasteiger partial charge in [0.25, 0.3) is 0 Å². The van der Waals surface area contributed by atoms with Crippen LogP contribution in [0.3, 0.4) is 0 Å². The van der Waals surface area contributed by atoms with E-state index in [1.54, 1.807) is 19.3 Å². The van der Waals surface area contributed by atoms with Gasteiger partial charge in [-0.3, -0.25) is 0 Å². The van der Waals surface area contributed by atoms with E-state index in [0.717, 1.165) is 5.92 Å². The van der Waals surface area contributed by atoms with Crippen LogP contribution in [0.4, 0.5) is 0 Å². The van der Waals surface area contributed by atoms with E-state index < -0.39 is 0 Å². The molecule has 0 aromatic heterocycles. The molecule has 1 saturated carbocycles. The minimum atomic E-state index is 1.10. The molecule has 0 heteroatoms. The predicted molar refractivity (Wildman–Crippen MR) is 328 cm³/mol. The van der Waals surface area contributed by atoms with Crippen LogP contribution in [-0.2, 0) is 0 Å². The molecule has 0 spiro atoms. The Morgan fingerprint density at radius 2 is 0.282 bits per heavy atom. The van der Waals surface area contributed by atoms with Crippen molar-refractivity contribution in [1.82, 2.24) is 0 Å². The molecule has 0 heterocycles. The second-order valence-electron chi connectivity index (χ2n) is 25.2. The number of hydrogen-bond acceptors (Lipinski definition) is 0. The fraction of sp³-hybridized carbons (Fsp3) is 1.00. The Balaban J connectivity index is 1.58. The predicted octanol–water partition coefficient (Wildman–Crippen LogP) is 27.6. The summed E-state index contributed by atoms with van der Waals surface area (Å²) in [7, 11) is 0. The van der Waals surface area contributed by atoms with Gasteiger partial charge in [-0.15, -0.1) is 0 Å². The fourth-order valence-electron chi connectivity index (χ4n) is 12.8. The molecule has 1 fully saturated rings. The zero-order valence-electron chi connectivity index (χ0n) is 50.4. The molecular formula is C71H142. The lowest BCUT2D eigenvalue weighted by Crippen LogP contribution is -2.05. The summed E-state index contributed by atoms with van der Waals surface area (Å²) < 4.78 is 0. The van der Waals surface area contributed by atoms with Crippen LogP contribution in [0.5, 0.6) is 0 Å². The monoisotopic (exact) mass is 995 g/mol. The summed E-state index contributed by atoms with van der Waals surface area (Å²) >= 11 is 0. The van der Waals surface area contributed by atoms with E-state index >= 15 is 0 Å². The van der Waals surface area contributed by atoms with Gasteiger partial charge >= 0.3 is 0 Å². The molecule has 1 aliphatic rings. The van der Waals surface area contributed by atoms with E-state index in [1.807, 2.05) is 0 Å². The third-order valence-electron chi connectivity index (χ3n) is 17.9. The van der Waals surface area contributed by atoms with Crippen molar-refractivity contribution in [3.63, 3.8) is 0 Å². The Kier molecular flexibility index (Phi) is 62.5. The van der Waals surface area contributed by atoms with Gasteiger partial charge in [0, 0.05) is 0 Å². The molecule has 1 aliphatic carbocycles. The van der Waals surface area contributed by atoms with Crippen LogP contribution >= 0.6 is 0 Å². The van der Waals surface area contributed by atoms with Gasteiger partial charge in [-0.25, -0.2) is 0 Å². The van der Waals surface area contributed by atoms with E-state index in [4.69, 9.17) is 0 Å². The van der Waals surface area contributed by atoms with Gasteiger partial charge in [-0.1, -0.05) is 450 Å². The fourth-order valence-corrected chi connectivity index (χ4v) is 12.8. The summed E-state index contributed by atoms with van der Waals surface area (Å²) in [4.78, 5) is 0. The van der Waals surface area contributed by atoms with E-state index in [2.05, 4.69) is 6.92 Å². The molecule has 0 aromatic rings. The van der Waals surface area contributed by atoms with Crippen molar-refractivity contribution in [2.24, 2.45) is 5.92 Å². The van der Waals surface area contributed by atoms with Crippen LogP contribution in [0, 0.1) is 5.92 Å². The minimum Gasteiger partial charge on any atom is -0.0654 e. The molecule has 0 radical (unpaired) electrons. The molecule has 0 atom stereocenters. The maximum atomic E-state index is 2.32. The zero-order chi connectivity index (χ0) is 50.4. The van der Waals surface area contributed by atoms with Gasteiger partial charge < -0.3 is 0 Å². The molecule has 71 heavy (non-hydrogen) atoms. The Bertz CT molecular complexity index is 882. The van der Waals surface area contributed by atoms with Gasteiger partial charge in [0.1, 0.15) is 0 Å². The Morgan fingerprint density at radius 3 is 0.423 bits per heavy atom. The first-order chi connectivity index (χ1) is 35.4. The molecule has 0 aliphatic heterocycles. The van der Waals surface area contributed by atoms with Crippen molar-refractivity contribution in [3.8, 4) is 0 Å². The second-order valence-corrected chi connectivity index (χ2v) is 25.2. The highest BCUT2D eigenvalue weighted by molar-refractivity contribution is 4.66. The molecule has 0 N–H and O–H groups in total. The van der Waals surface area contributed by atoms with Gasteiger partial charge in [-0.2, -0.15) is 0 Å². The Morgan fingerprint density at radius 1 is 0.155 bits per heavy atom. The third-order valence-corrected chi connectivity index (χ3v) is 17.9. The first-order valence-electron chi connectivity index (χ1n) is 35.4. The van der Waals surface area contributed by atoms with E-state index in [0.29, 0.717) is 0 Å². The summed E-state index contributed by atoms with van der Waals surface area (Å²) in [5, 5.41) is 0. The second kappa shape index (κ2) is 64.3. The summed E-state index contributed by atoms with van der Waals surface area (Å²) in [6, 6.07) is 0. The molecule has 0 amide bonds. The maximum Gasteiger partial charge on any atom is -0.0414 e. The Labute approximate surface area is 453 Å². The molecule has 426 valence electrons. The van der Waals surface area contributed by atoms with E-state index in [9.17, 15) is 0 Å². The lowest BCUT2D eigenvalue weighted by molar-refractivity contribution is 0.328. The summed E-state index contributed by atoms with van der Waals surface area (Å²) in [6.45, 7) is 2.32. The topological polar surface area (TPSA) is 0 Å². The number of unbranched alkanes of at least 4 members (excludes halogenated alkanes) is 62. The summed E-state index contributed by atoms with van der Waals surface area (Å²) in [6.07, 6.45) is 103. The highest BCUT2D eigenvalue weighted by atomic mass is 14.2. The van der Waals surface area contributed by atoms with Crippen LogP contribution in [0.2, 0.25) is 0 Å². The highest BCUT2D eigenvalue weighted by Gasteiger charge is 2.12. The van der Waals surface area contributed by atoms with Crippen LogP contribution in [-0.4, -0.2) is 0 Å². The standard InChI is InChI=1S/C71H142/c1-2-3-4-5-6-7-8-9-10-11-12-13-14-15-16-17-18-19-20-21-22-23-24-25-26-27-28-29-30-31-32-33-34-35-36-37-38-39-40-41-42-43-44-45-46-47-48-49-50-51-52-53-54-55-56-57-58-59-60-61-62-63-65-68-71-69-66-64-67-70-71/h71H,2-70H2,1H3. The molecule has 0 bridgehead atoms. The van der Waals surface area contributed by atoms with Gasteiger partial charge in [0.05, 0.1) is 0 Å². The normalized spacial score (nSPS) is 13.3. The van der Waals surface area contributed by atoms with Crippen LogP contribution in [0.15, 0.2) is 0 Å². The Hall–Kier alpha value is 0. The number of rotatable bonds is 64. The third kappa shape index (κ3) is 60.7. The molecule has 0 nitrogen and oxygen atoms in total. The lowest BCUT2D eigenvalue weighted by Gasteiger charge is -2.21.